The van der Waals surface area contributed by atoms with E-state index in [0.717, 1.165) is 21.2 Å². The fourth-order valence-electron chi connectivity index (χ4n) is 2.83. The fourth-order valence-corrected chi connectivity index (χ4v) is 4.27. The smallest absolute Gasteiger partial charge is 0.283 e. The molecule has 0 saturated carbocycles. The largest absolute Gasteiger partial charge is 0.496 e. The van der Waals surface area contributed by atoms with E-state index in [1.54, 1.807) is 19.3 Å². The third kappa shape index (κ3) is 3.41. The van der Waals surface area contributed by atoms with Crippen LogP contribution < -0.4 is 4.74 Å². The van der Waals surface area contributed by atoms with Gasteiger partial charge >= 0.3 is 0 Å². The number of aliphatic imine (C=N–C) groups is 1. The summed E-state index contributed by atoms with van der Waals surface area (Å²) < 4.78 is 5.99. The molecule has 0 fully saturated rings. The molecule has 1 amide bonds. The molecule has 28 heavy (non-hydrogen) atoms. The van der Waals surface area contributed by atoms with Crippen molar-refractivity contribution in [1.29, 1.82) is 5.41 Å². The first-order valence-electron chi connectivity index (χ1n) is 8.37. The van der Waals surface area contributed by atoms with Crippen molar-refractivity contribution in [2.75, 3.05) is 7.11 Å². The van der Waals surface area contributed by atoms with Crippen LogP contribution in [0.4, 0.5) is 0 Å². The van der Waals surface area contributed by atoms with Gasteiger partial charge in [0.15, 0.2) is 5.84 Å². The van der Waals surface area contributed by atoms with Crippen molar-refractivity contribution < 1.29 is 9.53 Å². The van der Waals surface area contributed by atoms with E-state index in [2.05, 4.69) is 26.0 Å². The molecule has 8 heteroatoms. The number of hydrogen-bond donors (Lipinski definition) is 1. The van der Waals surface area contributed by atoms with Gasteiger partial charge in [-0.05, 0) is 64.5 Å². The number of ether oxygens (including phenoxy) is 1. The van der Waals surface area contributed by atoms with E-state index in [-0.39, 0.29) is 11.4 Å². The minimum atomic E-state index is -0.448. The lowest BCUT2D eigenvalue weighted by atomic mass is 10.1. The molecule has 0 aromatic heterocycles. The molecule has 2 heterocycles. The molecule has 0 atom stereocenters. The second-order valence-corrected chi connectivity index (χ2v) is 8.00. The third-order valence-corrected chi connectivity index (χ3v) is 5.78. The number of rotatable bonds is 3. The lowest BCUT2D eigenvalue weighted by molar-refractivity contribution is -0.114. The Bertz CT molecular complexity index is 1110. The monoisotopic (exact) mass is 454 g/mol. The number of nitrogens with one attached hydrogen (secondary N) is 1. The maximum absolute atomic E-state index is 12.5. The summed E-state index contributed by atoms with van der Waals surface area (Å²) in [5, 5.41) is 15.5. The highest BCUT2D eigenvalue weighted by atomic mass is 79.9. The predicted molar refractivity (Wildman–Crippen MR) is 116 cm³/mol. The maximum Gasteiger partial charge on any atom is 0.283 e. The van der Waals surface area contributed by atoms with Gasteiger partial charge in [0.05, 0.1) is 17.2 Å². The second-order valence-electron chi connectivity index (χ2n) is 6.19. The summed E-state index contributed by atoms with van der Waals surface area (Å²) in [6, 6.07) is 13.4. The number of aryl methyl sites for hydroxylation is 1. The van der Waals surface area contributed by atoms with Crippen LogP contribution in [0.25, 0.3) is 6.08 Å². The Hall–Kier alpha value is -2.71. The molecular weight excluding hydrogens is 440 g/mol. The van der Waals surface area contributed by atoms with Crippen LogP contribution in [-0.2, 0) is 4.79 Å². The number of halogens is 1. The number of hydrogen-bond acceptors (Lipinski definition) is 5. The molecule has 2 aliphatic rings. The van der Waals surface area contributed by atoms with Crippen molar-refractivity contribution in [3.8, 4) is 5.75 Å². The molecule has 0 saturated heterocycles. The molecule has 0 radical (unpaired) electrons. The zero-order chi connectivity index (χ0) is 19.8. The number of carbonyl (C=O) groups excluding carboxylic acids is 1. The third-order valence-electron chi connectivity index (χ3n) is 4.21. The van der Waals surface area contributed by atoms with Crippen molar-refractivity contribution >= 4 is 55.7 Å². The van der Waals surface area contributed by atoms with E-state index < -0.39 is 5.91 Å². The Morgan fingerprint density at radius 1 is 1.25 bits per heavy atom. The zero-order valence-electron chi connectivity index (χ0n) is 15.1. The van der Waals surface area contributed by atoms with Crippen LogP contribution in [0.2, 0.25) is 0 Å². The average molecular weight is 455 g/mol. The summed E-state index contributed by atoms with van der Waals surface area (Å²) in [5.74, 6) is 0.254. The number of amidine groups is 2. The van der Waals surface area contributed by atoms with Crippen LogP contribution in [0.5, 0.6) is 5.75 Å². The highest BCUT2D eigenvalue weighted by Gasteiger charge is 2.36. The van der Waals surface area contributed by atoms with Crippen molar-refractivity contribution in [2.45, 2.75) is 6.92 Å². The Morgan fingerprint density at radius 3 is 2.79 bits per heavy atom. The number of fused-ring (bicyclic) bond motifs is 1. The number of thioether (sulfide) groups is 1. The quantitative estimate of drug-likeness (QED) is 0.695. The summed E-state index contributed by atoms with van der Waals surface area (Å²) in [7, 11) is 1.59. The highest BCUT2D eigenvalue weighted by molar-refractivity contribution is 9.10. The van der Waals surface area contributed by atoms with Gasteiger partial charge in [0.25, 0.3) is 5.91 Å². The van der Waals surface area contributed by atoms with Gasteiger partial charge in [0.1, 0.15) is 10.8 Å². The molecule has 2 aromatic rings. The molecular formula is C20H15BrN4O2S. The number of amides is 1. The van der Waals surface area contributed by atoms with Gasteiger partial charge < -0.3 is 4.74 Å². The number of nitrogens with zero attached hydrogens (tertiary/aromatic N) is 3. The van der Waals surface area contributed by atoms with Crippen LogP contribution in [0, 0.1) is 12.3 Å². The normalized spacial score (nSPS) is 17.5. The number of methoxy groups -OCH3 is 1. The minimum Gasteiger partial charge on any atom is -0.496 e. The molecule has 0 bridgehead atoms. The standard InChI is InChI=1S/C20H15BrN4O2S/c1-11-4-3-5-13(8-11)19-24-25-17(22)14(18(26)23-20(25)28-19)9-12-6-7-16(27-2)15(21)10-12/h3-10,22H,1-2H3/b14-9-,22-17?. The molecule has 1 N–H and O–H groups in total. The number of carbonyl (C=O) groups is 1. The zero-order valence-corrected chi connectivity index (χ0v) is 17.5. The molecule has 0 aliphatic carbocycles. The molecule has 140 valence electrons. The van der Waals surface area contributed by atoms with Crippen LogP contribution in [-0.4, -0.2) is 34.1 Å². The molecule has 0 spiro atoms. The summed E-state index contributed by atoms with van der Waals surface area (Å²) in [5.41, 5.74) is 3.00. The Labute approximate surface area is 174 Å². The topological polar surface area (TPSA) is 78.1 Å². The van der Waals surface area contributed by atoms with Gasteiger partial charge in [-0.25, -0.2) is 0 Å². The Kier molecular flexibility index (Phi) is 4.91. The Balaban J connectivity index is 1.68. The number of benzene rings is 2. The van der Waals surface area contributed by atoms with Gasteiger partial charge in [-0.15, -0.1) is 0 Å². The molecule has 6 nitrogen and oxygen atoms in total. The summed E-state index contributed by atoms with van der Waals surface area (Å²) in [4.78, 5) is 16.7. The van der Waals surface area contributed by atoms with Gasteiger partial charge in [0, 0.05) is 5.56 Å². The van der Waals surface area contributed by atoms with Crippen LogP contribution in [0.1, 0.15) is 16.7 Å². The fraction of sp³-hybridized carbons (Fsp3) is 0.100. The highest BCUT2D eigenvalue weighted by Crippen LogP contribution is 2.32. The molecule has 0 unspecified atom stereocenters. The first-order chi connectivity index (χ1) is 13.5. The van der Waals surface area contributed by atoms with Gasteiger partial charge in [-0.1, -0.05) is 29.8 Å². The predicted octanol–water partition coefficient (Wildman–Crippen LogP) is 4.43. The summed E-state index contributed by atoms with van der Waals surface area (Å²) >= 11 is 4.72. The van der Waals surface area contributed by atoms with Crippen molar-refractivity contribution in [3.05, 3.63) is 69.2 Å². The Morgan fingerprint density at radius 2 is 2.07 bits per heavy atom. The molecule has 2 aliphatic heterocycles. The van der Waals surface area contributed by atoms with Crippen LogP contribution >= 0.6 is 27.7 Å². The van der Waals surface area contributed by atoms with Gasteiger partial charge in [-0.3, -0.25) is 10.2 Å². The van der Waals surface area contributed by atoms with E-state index in [0.29, 0.717) is 16.0 Å². The lowest BCUT2D eigenvalue weighted by Crippen LogP contribution is -2.35. The van der Waals surface area contributed by atoms with E-state index in [1.807, 2.05) is 43.3 Å². The average Bonchev–Trinajstić information content (AvgIpc) is 3.09. The maximum atomic E-state index is 12.5. The second kappa shape index (κ2) is 7.37. The van der Waals surface area contributed by atoms with E-state index in [4.69, 9.17) is 10.1 Å². The first kappa shape index (κ1) is 18.6. The summed E-state index contributed by atoms with van der Waals surface area (Å²) in [6.07, 6.45) is 1.64. The molecule has 2 aromatic carbocycles. The van der Waals surface area contributed by atoms with Crippen molar-refractivity contribution in [3.63, 3.8) is 0 Å². The SMILES string of the molecule is COc1ccc(/C=C2/C(=N)N3N=C(c4cccc(C)c4)SC3=NC2=O)cc1Br. The van der Waals surface area contributed by atoms with Crippen LogP contribution in [0.3, 0.4) is 0 Å². The number of hydrazone groups is 1. The molecule has 4 rings (SSSR count). The van der Waals surface area contributed by atoms with E-state index >= 15 is 0 Å². The summed E-state index contributed by atoms with van der Waals surface area (Å²) in [6.45, 7) is 2.01. The minimum absolute atomic E-state index is 0.0112. The van der Waals surface area contributed by atoms with Gasteiger partial charge in [-0.2, -0.15) is 15.1 Å². The van der Waals surface area contributed by atoms with E-state index in [9.17, 15) is 4.79 Å². The van der Waals surface area contributed by atoms with Crippen molar-refractivity contribution in [1.82, 2.24) is 5.01 Å². The van der Waals surface area contributed by atoms with E-state index in [1.165, 1.54) is 16.8 Å². The van der Waals surface area contributed by atoms with Crippen molar-refractivity contribution in [2.24, 2.45) is 10.1 Å². The van der Waals surface area contributed by atoms with Gasteiger partial charge in [0.2, 0.25) is 5.17 Å². The lowest BCUT2D eigenvalue weighted by Gasteiger charge is -2.20. The first-order valence-corrected chi connectivity index (χ1v) is 9.98. The van der Waals surface area contributed by atoms with Crippen LogP contribution in [0.15, 0.2) is 62.6 Å².